The Morgan fingerprint density at radius 1 is 1.00 bits per heavy atom. The molecule has 0 saturated heterocycles. The third-order valence-corrected chi connectivity index (χ3v) is 0.941. The second-order valence-electron chi connectivity index (χ2n) is 1.80. The van der Waals surface area contributed by atoms with E-state index < -0.39 is 0 Å². The van der Waals surface area contributed by atoms with Crippen molar-refractivity contribution in [2.45, 2.75) is 27.7 Å². The fourth-order valence-electron chi connectivity index (χ4n) is 0.588. The number of aryl methyl sites for hydroxylation is 2. The van der Waals surface area contributed by atoms with E-state index in [1.165, 1.54) is 0 Å². The molecule has 0 spiro atoms. The van der Waals surface area contributed by atoms with Crippen LogP contribution < -0.4 is 0 Å². The molecule has 12 heavy (non-hydrogen) atoms. The molecule has 3 heteroatoms. The first-order valence-corrected chi connectivity index (χ1v) is 3.99. The maximum atomic E-state index is 7.00. The topological polar surface area (TPSA) is 46.0 Å². The van der Waals surface area contributed by atoms with Crippen LogP contribution in [0.4, 0.5) is 0 Å². The van der Waals surface area contributed by atoms with Crippen LogP contribution >= 0.6 is 0 Å². The van der Waals surface area contributed by atoms with Crippen molar-refractivity contribution >= 4 is 0 Å². The second kappa shape index (κ2) is 10.0. The highest BCUT2D eigenvalue weighted by atomic mass is 16.2. The van der Waals surface area contributed by atoms with Gasteiger partial charge in [0.15, 0.2) is 0 Å². The third-order valence-electron chi connectivity index (χ3n) is 0.941. The van der Waals surface area contributed by atoms with E-state index in [-0.39, 0.29) is 0 Å². The summed E-state index contributed by atoms with van der Waals surface area (Å²) in [6, 6.07) is 1.94. The van der Waals surface area contributed by atoms with Crippen LogP contribution in [0.15, 0.2) is 12.4 Å². The van der Waals surface area contributed by atoms with Crippen molar-refractivity contribution in [3.8, 4) is 0 Å². The first-order chi connectivity index (χ1) is 5.79. The number of hydrogen-bond donors (Lipinski definition) is 1. The second-order valence-corrected chi connectivity index (χ2v) is 1.80. The standard InChI is InChI=1S/C6H8N2.C2H6.CH4O/c1-5-3-6(2)8-4-7-5;2*1-2/h3-4H,1-2H3;1-2H3;2H,1H3. The fraction of sp³-hybridized carbons (Fsp3) is 0.556. The van der Waals surface area contributed by atoms with E-state index in [0.29, 0.717) is 0 Å². The molecule has 0 amide bonds. The Balaban J connectivity index is 0. The van der Waals surface area contributed by atoms with Crippen molar-refractivity contribution in [1.82, 2.24) is 9.97 Å². The van der Waals surface area contributed by atoms with Crippen LogP contribution in [0.2, 0.25) is 0 Å². The maximum Gasteiger partial charge on any atom is 0.115 e. The molecule has 0 aromatic carbocycles. The molecule has 0 bridgehead atoms. The highest BCUT2D eigenvalue weighted by molar-refractivity contribution is 5.03. The zero-order chi connectivity index (χ0) is 9.98. The van der Waals surface area contributed by atoms with E-state index >= 15 is 0 Å². The highest BCUT2D eigenvalue weighted by Gasteiger charge is 1.83. The number of hydrogen-bond acceptors (Lipinski definition) is 3. The summed E-state index contributed by atoms with van der Waals surface area (Å²) in [4.78, 5) is 7.86. The maximum absolute atomic E-state index is 7.00. The van der Waals surface area contributed by atoms with Gasteiger partial charge in [-0.3, -0.25) is 0 Å². The van der Waals surface area contributed by atoms with Gasteiger partial charge in [0.05, 0.1) is 0 Å². The Morgan fingerprint density at radius 3 is 1.50 bits per heavy atom. The molecule has 0 unspecified atom stereocenters. The van der Waals surface area contributed by atoms with Gasteiger partial charge in [0, 0.05) is 18.5 Å². The Hall–Kier alpha value is -0.960. The minimum Gasteiger partial charge on any atom is -0.400 e. The average molecular weight is 170 g/mol. The summed E-state index contributed by atoms with van der Waals surface area (Å²) in [6.07, 6.45) is 1.57. The minimum absolute atomic E-state index is 1.00. The fourth-order valence-corrected chi connectivity index (χ4v) is 0.588. The van der Waals surface area contributed by atoms with Gasteiger partial charge in [-0.25, -0.2) is 9.97 Å². The molecule has 1 heterocycles. The van der Waals surface area contributed by atoms with E-state index in [4.69, 9.17) is 5.11 Å². The van der Waals surface area contributed by atoms with Crippen molar-refractivity contribution in [3.63, 3.8) is 0 Å². The van der Waals surface area contributed by atoms with Crippen molar-refractivity contribution in [1.29, 1.82) is 0 Å². The smallest absolute Gasteiger partial charge is 0.115 e. The van der Waals surface area contributed by atoms with Gasteiger partial charge in [0.2, 0.25) is 0 Å². The summed E-state index contributed by atoms with van der Waals surface area (Å²) in [5.74, 6) is 0. The summed E-state index contributed by atoms with van der Waals surface area (Å²) in [7, 11) is 1.00. The third kappa shape index (κ3) is 7.15. The first-order valence-electron chi connectivity index (χ1n) is 3.99. The number of rotatable bonds is 0. The van der Waals surface area contributed by atoms with Gasteiger partial charge in [-0.05, 0) is 19.9 Å². The number of aliphatic hydroxyl groups excluding tert-OH is 1. The molecule has 3 nitrogen and oxygen atoms in total. The molecule has 0 atom stereocenters. The van der Waals surface area contributed by atoms with Gasteiger partial charge in [-0.15, -0.1) is 0 Å². The lowest BCUT2D eigenvalue weighted by Crippen LogP contribution is -1.84. The Bertz CT molecular complexity index is 172. The normalized spacial score (nSPS) is 7.17. The van der Waals surface area contributed by atoms with E-state index in [1.807, 2.05) is 33.8 Å². The van der Waals surface area contributed by atoms with E-state index in [9.17, 15) is 0 Å². The molecule has 1 rings (SSSR count). The summed E-state index contributed by atoms with van der Waals surface area (Å²) >= 11 is 0. The molecule has 0 fully saturated rings. The van der Waals surface area contributed by atoms with E-state index in [1.54, 1.807) is 6.33 Å². The van der Waals surface area contributed by atoms with Gasteiger partial charge < -0.3 is 5.11 Å². The molecule has 0 aliphatic carbocycles. The van der Waals surface area contributed by atoms with Crippen molar-refractivity contribution < 1.29 is 5.11 Å². The lowest BCUT2D eigenvalue weighted by Gasteiger charge is -1.89. The zero-order valence-corrected chi connectivity index (χ0v) is 8.50. The minimum atomic E-state index is 1.00. The Kier molecular flexibility index (Phi) is 11.4. The van der Waals surface area contributed by atoms with Crippen LogP contribution in [0.3, 0.4) is 0 Å². The highest BCUT2D eigenvalue weighted by Crippen LogP contribution is 1.91. The van der Waals surface area contributed by atoms with Crippen LogP contribution in [0, 0.1) is 13.8 Å². The molecule has 0 radical (unpaired) electrons. The Morgan fingerprint density at radius 2 is 1.33 bits per heavy atom. The summed E-state index contributed by atoms with van der Waals surface area (Å²) < 4.78 is 0. The van der Waals surface area contributed by atoms with Gasteiger partial charge in [0.25, 0.3) is 0 Å². The number of aliphatic hydroxyl groups is 1. The molecule has 70 valence electrons. The quantitative estimate of drug-likeness (QED) is 0.645. The predicted octanol–water partition coefficient (Wildman–Crippen LogP) is 1.73. The largest absolute Gasteiger partial charge is 0.400 e. The van der Waals surface area contributed by atoms with Crippen LogP contribution in [0.5, 0.6) is 0 Å². The van der Waals surface area contributed by atoms with Gasteiger partial charge in [-0.2, -0.15) is 0 Å². The van der Waals surface area contributed by atoms with Crippen LogP contribution in [-0.4, -0.2) is 22.2 Å². The predicted molar refractivity (Wildman–Crippen MR) is 51.0 cm³/mol. The van der Waals surface area contributed by atoms with E-state index in [0.717, 1.165) is 18.5 Å². The average Bonchev–Trinajstić information content (AvgIpc) is 2.11. The number of nitrogens with zero attached hydrogens (tertiary/aromatic N) is 2. The molecular formula is C9H18N2O. The molecule has 0 saturated carbocycles. The van der Waals surface area contributed by atoms with Gasteiger partial charge in [-0.1, -0.05) is 13.8 Å². The summed E-state index contributed by atoms with van der Waals surface area (Å²) in [5.41, 5.74) is 2.05. The molecule has 1 aromatic rings. The van der Waals surface area contributed by atoms with Crippen LogP contribution in [0.25, 0.3) is 0 Å². The van der Waals surface area contributed by atoms with Gasteiger partial charge >= 0.3 is 0 Å². The summed E-state index contributed by atoms with van der Waals surface area (Å²) in [6.45, 7) is 7.91. The van der Waals surface area contributed by atoms with Crippen molar-refractivity contribution in [3.05, 3.63) is 23.8 Å². The van der Waals surface area contributed by atoms with E-state index in [2.05, 4.69) is 9.97 Å². The molecule has 0 aliphatic heterocycles. The number of aromatic nitrogens is 2. The molecule has 1 aromatic heterocycles. The molecule has 1 N–H and O–H groups in total. The van der Waals surface area contributed by atoms with Crippen molar-refractivity contribution in [2.75, 3.05) is 7.11 Å². The lowest BCUT2D eigenvalue weighted by atomic mass is 10.4. The van der Waals surface area contributed by atoms with Crippen molar-refractivity contribution in [2.24, 2.45) is 0 Å². The first kappa shape index (κ1) is 13.6. The van der Waals surface area contributed by atoms with Crippen LogP contribution in [-0.2, 0) is 0 Å². The molecular weight excluding hydrogens is 152 g/mol. The lowest BCUT2D eigenvalue weighted by molar-refractivity contribution is 0.399. The molecule has 0 aliphatic rings. The monoisotopic (exact) mass is 170 g/mol. The van der Waals surface area contributed by atoms with Gasteiger partial charge in [0.1, 0.15) is 6.33 Å². The van der Waals surface area contributed by atoms with Crippen LogP contribution in [0.1, 0.15) is 25.2 Å². The zero-order valence-electron chi connectivity index (χ0n) is 8.50. The SMILES string of the molecule is CC.CO.Cc1cc(C)ncn1. The summed E-state index contributed by atoms with van der Waals surface area (Å²) in [5, 5.41) is 7.00. The Labute approximate surface area is 74.5 Å².